The fourth-order valence-corrected chi connectivity index (χ4v) is 5.52. The van der Waals surface area contributed by atoms with Gasteiger partial charge in [0.2, 0.25) is 23.0 Å². The molecular weight excluding hydrogens is 518 g/mol. The van der Waals surface area contributed by atoms with E-state index in [9.17, 15) is 14.4 Å². The van der Waals surface area contributed by atoms with Crippen LogP contribution in [0.25, 0.3) is 11.1 Å². The maximum atomic E-state index is 13.6. The number of rotatable bonds is 11. The first-order valence-corrected chi connectivity index (χ1v) is 14.5. The molecular formula is C29H37N3O6S. The highest BCUT2D eigenvalue weighted by molar-refractivity contribution is 7.98. The zero-order chi connectivity index (χ0) is 28.1. The van der Waals surface area contributed by atoms with Crippen molar-refractivity contribution in [1.82, 2.24) is 10.6 Å². The highest BCUT2D eigenvalue weighted by Gasteiger charge is 2.30. The van der Waals surface area contributed by atoms with Gasteiger partial charge in [-0.3, -0.25) is 14.4 Å². The number of amides is 2. The summed E-state index contributed by atoms with van der Waals surface area (Å²) in [7, 11) is 4.69. The van der Waals surface area contributed by atoms with Crippen LogP contribution in [-0.2, 0) is 16.0 Å². The van der Waals surface area contributed by atoms with Gasteiger partial charge in [-0.1, -0.05) is 6.07 Å². The Hall–Kier alpha value is -3.40. The van der Waals surface area contributed by atoms with Gasteiger partial charge in [-0.2, -0.15) is 11.8 Å². The van der Waals surface area contributed by atoms with E-state index in [1.165, 1.54) is 6.92 Å². The fraction of sp³-hybridized carbons (Fsp3) is 0.483. The van der Waals surface area contributed by atoms with E-state index in [-0.39, 0.29) is 23.3 Å². The number of nitrogens with one attached hydrogen (secondary N) is 3. The standard InChI is InChI=1S/C29H37N3O6S/c1-16(33)30-21-10-6-17-14-25(36-2)27(37-3)28(38-4)26(17)19-9-11-22(24(34)15-20(19)21)32-23(12-13-39-5)29(35)31-18-7-8-18/h9,11,14-15,18,21,23H,6-8,10,12-13H2,1-5H3,(H,30,33)(H,31,35)(H,32,34). The molecule has 2 aliphatic rings. The second-order valence-electron chi connectivity index (χ2n) is 9.86. The zero-order valence-corrected chi connectivity index (χ0v) is 24.0. The van der Waals surface area contributed by atoms with E-state index in [4.69, 9.17) is 14.2 Å². The van der Waals surface area contributed by atoms with Crippen molar-refractivity contribution >= 4 is 29.3 Å². The predicted octanol–water partition coefficient (Wildman–Crippen LogP) is 3.68. The smallest absolute Gasteiger partial charge is 0.242 e. The Kier molecular flexibility index (Phi) is 9.27. The van der Waals surface area contributed by atoms with Crippen LogP contribution in [0.2, 0.25) is 0 Å². The summed E-state index contributed by atoms with van der Waals surface area (Å²) in [5.74, 6) is 1.97. The Morgan fingerprint density at radius 2 is 1.77 bits per heavy atom. The minimum Gasteiger partial charge on any atom is -0.493 e. The van der Waals surface area contributed by atoms with E-state index in [0.29, 0.717) is 47.8 Å². The van der Waals surface area contributed by atoms with E-state index in [2.05, 4.69) is 16.0 Å². The number of thioether (sulfide) groups is 1. The molecule has 0 heterocycles. The van der Waals surface area contributed by atoms with Gasteiger partial charge in [0.05, 0.1) is 33.1 Å². The van der Waals surface area contributed by atoms with Crippen LogP contribution in [0.3, 0.4) is 0 Å². The summed E-state index contributed by atoms with van der Waals surface area (Å²) >= 11 is 1.65. The normalized spacial score (nSPS) is 16.6. The number of aryl methyl sites for hydroxylation is 1. The lowest BCUT2D eigenvalue weighted by molar-refractivity contribution is -0.122. The summed E-state index contributed by atoms with van der Waals surface area (Å²) < 4.78 is 17.1. The van der Waals surface area contributed by atoms with Crippen LogP contribution in [0.5, 0.6) is 17.2 Å². The Labute approximate surface area is 233 Å². The minimum atomic E-state index is -0.537. The molecule has 9 nitrogen and oxygen atoms in total. The maximum Gasteiger partial charge on any atom is 0.242 e. The van der Waals surface area contributed by atoms with Crippen molar-refractivity contribution in [3.8, 4) is 28.4 Å². The van der Waals surface area contributed by atoms with Crippen molar-refractivity contribution in [3.63, 3.8) is 0 Å². The molecule has 4 rings (SSSR count). The number of hydrogen-bond acceptors (Lipinski definition) is 8. The lowest BCUT2D eigenvalue weighted by Gasteiger charge is -2.19. The van der Waals surface area contributed by atoms with Crippen molar-refractivity contribution in [2.45, 2.75) is 57.2 Å². The molecule has 3 N–H and O–H groups in total. The van der Waals surface area contributed by atoms with Gasteiger partial charge < -0.3 is 30.2 Å². The lowest BCUT2D eigenvalue weighted by atomic mass is 9.95. The molecule has 39 heavy (non-hydrogen) atoms. The monoisotopic (exact) mass is 555 g/mol. The van der Waals surface area contributed by atoms with Crippen molar-refractivity contribution in [1.29, 1.82) is 0 Å². The van der Waals surface area contributed by atoms with Crippen LogP contribution in [0, 0.1) is 0 Å². The van der Waals surface area contributed by atoms with Gasteiger partial charge in [0, 0.05) is 18.5 Å². The maximum absolute atomic E-state index is 13.6. The van der Waals surface area contributed by atoms with E-state index >= 15 is 0 Å². The third-order valence-electron chi connectivity index (χ3n) is 7.10. The first kappa shape index (κ1) is 28.6. The van der Waals surface area contributed by atoms with Crippen molar-refractivity contribution < 1.29 is 23.8 Å². The van der Waals surface area contributed by atoms with E-state index in [1.807, 2.05) is 18.4 Å². The zero-order valence-electron chi connectivity index (χ0n) is 23.1. The molecule has 0 radical (unpaired) electrons. The number of fused-ring (bicyclic) bond motifs is 3. The van der Waals surface area contributed by atoms with E-state index in [1.54, 1.807) is 45.2 Å². The molecule has 2 amide bonds. The topological polar surface area (TPSA) is 115 Å². The van der Waals surface area contributed by atoms with E-state index < -0.39 is 12.1 Å². The van der Waals surface area contributed by atoms with Gasteiger partial charge in [-0.25, -0.2) is 0 Å². The molecule has 2 aromatic carbocycles. The summed E-state index contributed by atoms with van der Waals surface area (Å²) in [5.41, 5.74) is 3.21. The van der Waals surface area contributed by atoms with Crippen LogP contribution in [-0.4, -0.2) is 57.2 Å². The highest BCUT2D eigenvalue weighted by atomic mass is 32.2. The molecule has 2 aromatic rings. The fourth-order valence-electron chi connectivity index (χ4n) is 5.05. The summed E-state index contributed by atoms with van der Waals surface area (Å²) in [5, 5.41) is 9.29. The molecule has 2 atom stereocenters. The number of ether oxygens (including phenoxy) is 3. The van der Waals surface area contributed by atoms with Gasteiger partial charge in [-0.15, -0.1) is 0 Å². The van der Waals surface area contributed by atoms with E-state index in [0.717, 1.165) is 35.3 Å². The molecule has 210 valence electrons. The molecule has 0 aromatic heterocycles. The molecule has 0 bridgehead atoms. The van der Waals surface area contributed by atoms with Crippen LogP contribution >= 0.6 is 11.8 Å². The highest BCUT2D eigenvalue weighted by Crippen LogP contribution is 2.50. The first-order chi connectivity index (χ1) is 18.8. The Morgan fingerprint density at radius 3 is 2.38 bits per heavy atom. The summed E-state index contributed by atoms with van der Waals surface area (Å²) in [6, 6.07) is 6.34. The number of carbonyl (C=O) groups excluding carboxylic acids is 2. The molecule has 2 unspecified atom stereocenters. The number of anilines is 1. The molecule has 0 saturated heterocycles. The quantitative estimate of drug-likeness (QED) is 0.385. The second kappa shape index (κ2) is 12.6. The Bertz CT molecular complexity index is 1300. The van der Waals surface area contributed by atoms with Gasteiger partial charge >= 0.3 is 0 Å². The van der Waals surface area contributed by atoms with Gasteiger partial charge in [0.25, 0.3) is 0 Å². The largest absolute Gasteiger partial charge is 0.493 e. The molecule has 0 spiro atoms. The summed E-state index contributed by atoms with van der Waals surface area (Å²) in [6.07, 6.45) is 5.74. The number of hydrogen-bond donors (Lipinski definition) is 3. The van der Waals surface area contributed by atoms with Crippen LogP contribution in [0.1, 0.15) is 49.8 Å². The van der Waals surface area contributed by atoms with Gasteiger partial charge in [0.1, 0.15) is 6.04 Å². The molecule has 1 saturated carbocycles. The number of methoxy groups -OCH3 is 3. The molecule has 2 aliphatic carbocycles. The Morgan fingerprint density at radius 1 is 1.03 bits per heavy atom. The van der Waals surface area contributed by atoms with Crippen LogP contribution in [0.4, 0.5) is 5.69 Å². The van der Waals surface area contributed by atoms with Gasteiger partial charge in [0.15, 0.2) is 11.5 Å². The third-order valence-corrected chi connectivity index (χ3v) is 7.74. The summed E-state index contributed by atoms with van der Waals surface area (Å²) in [6.45, 7) is 1.47. The second-order valence-corrected chi connectivity index (χ2v) is 10.8. The predicted molar refractivity (Wildman–Crippen MR) is 154 cm³/mol. The average Bonchev–Trinajstić information content (AvgIpc) is 3.76. The summed E-state index contributed by atoms with van der Waals surface area (Å²) in [4.78, 5) is 38.7. The Balaban J connectivity index is 1.86. The van der Waals surface area contributed by atoms with Gasteiger partial charge in [-0.05, 0) is 79.0 Å². The molecule has 1 fully saturated rings. The molecule has 10 heteroatoms. The van der Waals surface area contributed by atoms with Crippen LogP contribution < -0.4 is 35.6 Å². The number of benzene rings is 1. The first-order valence-electron chi connectivity index (χ1n) is 13.1. The third kappa shape index (κ3) is 6.43. The SMILES string of the molecule is COc1cc2c(c(OC)c1OC)-c1ccc(NC(CCSC)C(=O)NC3CC3)c(=O)cc1C(NC(C)=O)CC2. The average molecular weight is 556 g/mol. The minimum absolute atomic E-state index is 0.0982. The number of carbonyl (C=O) groups is 2. The van der Waals surface area contributed by atoms with Crippen molar-refractivity contribution in [2.75, 3.05) is 38.7 Å². The van der Waals surface area contributed by atoms with Crippen LogP contribution in [0.15, 0.2) is 29.1 Å². The molecule has 0 aliphatic heterocycles. The van der Waals surface area contributed by atoms with Crippen molar-refractivity contribution in [3.05, 3.63) is 45.6 Å². The van der Waals surface area contributed by atoms with Crippen molar-refractivity contribution in [2.24, 2.45) is 0 Å². The lowest BCUT2D eigenvalue weighted by Crippen LogP contribution is -2.41.